The highest BCUT2D eigenvalue weighted by atomic mass is 19.1. The molecule has 1 aromatic heterocycles. The summed E-state index contributed by atoms with van der Waals surface area (Å²) in [6.07, 6.45) is 1.50. The molecule has 0 saturated heterocycles. The highest BCUT2D eigenvalue weighted by molar-refractivity contribution is 5.81. The molecule has 0 bridgehead atoms. The monoisotopic (exact) mass is 367 g/mol. The van der Waals surface area contributed by atoms with E-state index in [9.17, 15) is 9.18 Å². The lowest BCUT2D eigenvalue weighted by molar-refractivity contribution is -0.128. The maximum Gasteiger partial charge on any atom is 0.225 e. The van der Waals surface area contributed by atoms with Crippen LogP contribution < -0.4 is 5.32 Å². The van der Waals surface area contributed by atoms with Crippen LogP contribution >= 0.6 is 0 Å². The number of rotatable bonds is 6. The van der Waals surface area contributed by atoms with Crippen molar-refractivity contribution >= 4 is 16.9 Å². The molecule has 3 aromatic rings. The maximum absolute atomic E-state index is 14.1. The van der Waals surface area contributed by atoms with Crippen LogP contribution in [0.5, 0.6) is 0 Å². The lowest BCUT2D eigenvalue weighted by Crippen LogP contribution is -2.35. The Hall–Kier alpha value is -2.69. The Balaban J connectivity index is 1.77. The average molecular weight is 367 g/mol. The number of hydrogen-bond acceptors (Lipinski definition) is 2. The zero-order valence-corrected chi connectivity index (χ0v) is 16.1. The van der Waals surface area contributed by atoms with Gasteiger partial charge in [0, 0.05) is 23.9 Å². The minimum Gasteiger partial charge on any atom is -0.356 e. The molecule has 142 valence electrons. The number of imidazole rings is 1. The summed E-state index contributed by atoms with van der Waals surface area (Å²) in [5.41, 5.74) is 2.15. The molecule has 0 aliphatic heterocycles. The molecule has 1 amide bonds. The van der Waals surface area contributed by atoms with Crippen LogP contribution in [0, 0.1) is 11.2 Å². The molecule has 0 fully saturated rings. The van der Waals surface area contributed by atoms with Crippen LogP contribution in [0.1, 0.15) is 38.6 Å². The second-order valence-electron chi connectivity index (χ2n) is 7.80. The van der Waals surface area contributed by atoms with Crippen molar-refractivity contribution in [1.29, 1.82) is 0 Å². The molecule has 27 heavy (non-hydrogen) atoms. The maximum atomic E-state index is 14.1. The Morgan fingerprint density at radius 1 is 1.11 bits per heavy atom. The molecule has 0 spiro atoms. The number of hydrogen-bond donors (Lipinski definition) is 1. The lowest BCUT2D eigenvalue weighted by Gasteiger charge is -2.17. The fourth-order valence-electron chi connectivity index (χ4n) is 3.00. The lowest BCUT2D eigenvalue weighted by atomic mass is 9.96. The van der Waals surface area contributed by atoms with Gasteiger partial charge in [0.1, 0.15) is 11.6 Å². The Labute approximate surface area is 159 Å². The summed E-state index contributed by atoms with van der Waals surface area (Å²) >= 11 is 0. The van der Waals surface area contributed by atoms with E-state index < -0.39 is 5.41 Å². The third kappa shape index (κ3) is 4.54. The summed E-state index contributed by atoms with van der Waals surface area (Å²) in [5.74, 6) is 0.741. The van der Waals surface area contributed by atoms with Gasteiger partial charge in [-0.05, 0) is 24.6 Å². The van der Waals surface area contributed by atoms with Crippen LogP contribution in [-0.2, 0) is 17.8 Å². The normalized spacial score (nSPS) is 11.7. The largest absolute Gasteiger partial charge is 0.356 e. The second kappa shape index (κ2) is 7.91. The van der Waals surface area contributed by atoms with Crippen molar-refractivity contribution in [2.45, 2.75) is 40.2 Å². The van der Waals surface area contributed by atoms with Crippen molar-refractivity contribution in [2.24, 2.45) is 5.41 Å². The van der Waals surface area contributed by atoms with Crippen molar-refractivity contribution in [2.75, 3.05) is 6.54 Å². The van der Waals surface area contributed by atoms with E-state index in [4.69, 9.17) is 4.98 Å². The number of aromatic nitrogens is 2. The first-order valence-electron chi connectivity index (χ1n) is 9.32. The number of halogens is 1. The van der Waals surface area contributed by atoms with Crippen LogP contribution in [0.25, 0.3) is 11.0 Å². The number of aryl methyl sites for hydroxylation is 1. The SMILES string of the molecule is CC(C)(C)C(=O)NCCCc1nc2ccccc2n1Cc1ccccc1F. The predicted octanol–water partition coefficient (Wildman–Crippen LogP) is 4.32. The molecule has 0 atom stereocenters. The van der Waals surface area contributed by atoms with E-state index in [0.29, 0.717) is 25.1 Å². The summed E-state index contributed by atoms with van der Waals surface area (Å²) in [4.78, 5) is 16.7. The minimum absolute atomic E-state index is 0.0439. The van der Waals surface area contributed by atoms with Gasteiger partial charge in [-0.25, -0.2) is 9.37 Å². The third-order valence-electron chi connectivity index (χ3n) is 4.56. The fraction of sp³-hybridized carbons (Fsp3) is 0.364. The van der Waals surface area contributed by atoms with Crippen molar-refractivity contribution in [3.05, 3.63) is 65.7 Å². The topological polar surface area (TPSA) is 46.9 Å². The second-order valence-corrected chi connectivity index (χ2v) is 7.80. The first-order chi connectivity index (χ1) is 12.9. The van der Waals surface area contributed by atoms with E-state index in [-0.39, 0.29) is 11.7 Å². The number of fused-ring (bicyclic) bond motifs is 1. The minimum atomic E-state index is -0.391. The van der Waals surface area contributed by atoms with E-state index in [1.807, 2.05) is 51.1 Å². The van der Waals surface area contributed by atoms with Crippen LogP contribution in [0.4, 0.5) is 4.39 Å². The van der Waals surface area contributed by atoms with E-state index in [2.05, 4.69) is 9.88 Å². The molecule has 2 aromatic carbocycles. The summed E-state index contributed by atoms with van der Waals surface area (Å²) in [5, 5.41) is 2.97. The summed E-state index contributed by atoms with van der Waals surface area (Å²) in [6, 6.07) is 14.7. The quantitative estimate of drug-likeness (QED) is 0.660. The predicted molar refractivity (Wildman–Crippen MR) is 106 cm³/mol. The van der Waals surface area contributed by atoms with Crippen LogP contribution in [0.2, 0.25) is 0 Å². The van der Waals surface area contributed by atoms with Gasteiger partial charge in [0.15, 0.2) is 0 Å². The number of carbonyl (C=O) groups excluding carboxylic acids is 1. The van der Waals surface area contributed by atoms with Gasteiger partial charge in [0.25, 0.3) is 0 Å². The molecule has 5 heteroatoms. The summed E-state index contributed by atoms with van der Waals surface area (Å²) in [7, 11) is 0. The highest BCUT2D eigenvalue weighted by Crippen LogP contribution is 2.20. The average Bonchev–Trinajstić information content (AvgIpc) is 2.97. The molecule has 0 aliphatic carbocycles. The van der Waals surface area contributed by atoms with Crippen molar-refractivity contribution < 1.29 is 9.18 Å². The van der Waals surface area contributed by atoms with E-state index in [1.165, 1.54) is 6.07 Å². The number of amides is 1. The molecule has 0 unspecified atom stereocenters. The zero-order valence-electron chi connectivity index (χ0n) is 16.1. The van der Waals surface area contributed by atoms with Gasteiger partial charge in [-0.3, -0.25) is 4.79 Å². The Morgan fingerprint density at radius 2 is 1.81 bits per heavy atom. The van der Waals surface area contributed by atoms with Crippen LogP contribution in [0.3, 0.4) is 0 Å². The molecule has 0 aliphatic rings. The summed E-state index contributed by atoms with van der Waals surface area (Å²) in [6.45, 7) is 6.73. The fourth-order valence-corrected chi connectivity index (χ4v) is 3.00. The van der Waals surface area contributed by atoms with Crippen molar-refractivity contribution in [3.8, 4) is 0 Å². The van der Waals surface area contributed by atoms with E-state index in [0.717, 1.165) is 23.3 Å². The number of nitrogens with zero attached hydrogens (tertiary/aromatic N) is 2. The molecular formula is C22H26FN3O. The van der Waals surface area contributed by atoms with Crippen molar-refractivity contribution in [1.82, 2.24) is 14.9 Å². The van der Waals surface area contributed by atoms with Gasteiger partial charge >= 0.3 is 0 Å². The van der Waals surface area contributed by atoms with Gasteiger partial charge < -0.3 is 9.88 Å². The van der Waals surface area contributed by atoms with Gasteiger partial charge in [-0.2, -0.15) is 0 Å². The Bertz CT molecular complexity index is 940. The first-order valence-corrected chi connectivity index (χ1v) is 9.32. The molecule has 0 saturated carbocycles. The Morgan fingerprint density at radius 3 is 2.56 bits per heavy atom. The first kappa shape index (κ1) is 19.1. The standard InChI is InChI=1S/C22H26FN3O/c1-22(2,3)21(27)24-14-8-13-20-25-18-11-6-7-12-19(18)26(20)15-16-9-4-5-10-17(16)23/h4-7,9-12H,8,13-15H2,1-3H3,(H,24,27). The molecular weight excluding hydrogens is 341 g/mol. The number of nitrogens with one attached hydrogen (secondary N) is 1. The van der Waals surface area contributed by atoms with Gasteiger partial charge in [-0.15, -0.1) is 0 Å². The van der Waals surface area contributed by atoms with E-state index >= 15 is 0 Å². The third-order valence-corrected chi connectivity index (χ3v) is 4.56. The highest BCUT2D eigenvalue weighted by Gasteiger charge is 2.20. The molecule has 1 N–H and O–H groups in total. The van der Waals surface area contributed by atoms with Crippen LogP contribution in [-0.4, -0.2) is 22.0 Å². The van der Waals surface area contributed by atoms with Crippen LogP contribution in [0.15, 0.2) is 48.5 Å². The number of para-hydroxylation sites is 2. The molecule has 4 nitrogen and oxygen atoms in total. The summed E-state index contributed by atoms with van der Waals surface area (Å²) < 4.78 is 16.2. The number of benzene rings is 2. The molecule has 0 radical (unpaired) electrons. The Kier molecular flexibility index (Phi) is 5.59. The zero-order chi connectivity index (χ0) is 19.4. The molecule has 1 heterocycles. The number of carbonyl (C=O) groups is 1. The molecule has 3 rings (SSSR count). The van der Waals surface area contributed by atoms with Gasteiger partial charge in [-0.1, -0.05) is 51.1 Å². The smallest absolute Gasteiger partial charge is 0.225 e. The van der Waals surface area contributed by atoms with E-state index in [1.54, 1.807) is 12.1 Å². The van der Waals surface area contributed by atoms with Crippen molar-refractivity contribution in [3.63, 3.8) is 0 Å². The van der Waals surface area contributed by atoms with Gasteiger partial charge in [0.2, 0.25) is 5.91 Å². The van der Waals surface area contributed by atoms with Gasteiger partial charge in [0.05, 0.1) is 17.6 Å².